The van der Waals surface area contributed by atoms with Crippen molar-refractivity contribution < 1.29 is 9.59 Å². The molecule has 0 atom stereocenters. The Bertz CT molecular complexity index is 898. The molecule has 0 unspecified atom stereocenters. The molecular weight excluding hydrogens is 404 g/mol. The van der Waals surface area contributed by atoms with E-state index in [0.717, 1.165) is 5.56 Å². The molecule has 0 aliphatic carbocycles. The van der Waals surface area contributed by atoms with Crippen molar-refractivity contribution in [2.75, 3.05) is 16.4 Å². The average Bonchev–Trinajstić information content (AvgIpc) is 2.96. The lowest BCUT2D eigenvalue weighted by molar-refractivity contribution is -0.124. The Labute approximate surface area is 171 Å². The molecule has 9 heteroatoms. The molecule has 2 N–H and O–H groups in total. The minimum atomic E-state index is -0.361. The fourth-order valence-corrected chi connectivity index (χ4v) is 3.35. The Balaban J connectivity index is 1.62. The van der Waals surface area contributed by atoms with Gasteiger partial charge < -0.3 is 10.6 Å². The monoisotopic (exact) mass is 418 g/mol. The molecule has 3 amide bonds. The summed E-state index contributed by atoms with van der Waals surface area (Å²) in [5, 5.41) is 11.6. The van der Waals surface area contributed by atoms with Crippen LogP contribution in [-0.2, 0) is 4.79 Å². The molecule has 1 aliphatic rings. The number of benzene rings is 2. The summed E-state index contributed by atoms with van der Waals surface area (Å²) in [6.45, 7) is 1.80. The van der Waals surface area contributed by atoms with Crippen LogP contribution in [0.5, 0.6) is 0 Å². The van der Waals surface area contributed by atoms with Gasteiger partial charge in [0.2, 0.25) is 0 Å². The zero-order valence-electron chi connectivity index (χ0n) is 14.2. The van der Waals surface area contributed by atoms with Gasteiger partial charge in [-0.05, 0) is 48.9 Å². The van der Waals surface area contributed by atoms with Crippen molar-refractivity contribution in [1.82, 2.24) is 5.01 Å². The number of carbonyl (C=O) groups is 2. The predicted molar refractivity (Wildman–Crippen MR) is 115 cm³/mol. The summed E-state index contributed by atoms with van der Waals surface area (Å²) in [7, 11) is 0. The molecular formula is C18H15ClN4O2S2. The minimum absolute atomic E-state index is 0.124. The Hall–Kier alpha value is -2.42. The fourth-order valence-electron chi connectivity index (χ4n) is 2.27. The molecule has 0 spiro atoms. The van der Waals surface area contributed by atoms with Crippen molar-refractivity contribution in [1.29, 1.82) is 0 Å². The summed E-state index contributed by atoms with van der Waals surface area (Å²) >= 11 is 12.2. The summed E-state index contributed by atoms with van der Waals surface area (Å²) in [5.74, 6) is 0.197. The molecule has 6 nitrogen and oxygen atoms in total. The fraction of sp³-hybridized carbons (Fsp3) is 0.111. The van der Waals surface area contributed by atoms with E-state index in [-0.39, 0.29) is 11.9 Å². The molecule has 0 radical (unpaired) electrons. The summed E-state index contributed by atoms with van der Waals surface area (Å²) < 4.78 is 0.455. The Morgan fingerprint density at radius 2 is 1.67 bits per heavy atom. The van der Waals surface area contributed by atoms with E-state index in [2.05, 4.69) is 15.7 Å². The lowest BCUT2D eigenvalue weighted by Crippen LogP contribution is -2.24. The lowest BCUT2D eigenvalue weighted by atomic mass is 10.1. The topological polar surface area (TPSA) is 73.8 Å². The normalized spacial score (nSPS) is 14.4. The number of rotatable bonds is 4. The molecule has 27 heavy (non-hydrogen) atoms. The lowest BCUT2D eigenvalue weighted by Gasteiger charge is -2.11. The number of nitrogens with one attached hydrogen (secondary N) is 2. The van der Waals surface area contributed by atoms with E-state index < -0.39 is 0 Å². The average molecular weight is 419 g/mol. The largest absolute Gasteiger partial charge is 0.323 e. The predicted octanol–water partition coefficient (Wildman–Crippen LogP) is 4.57. The third kappa shape index (κ3) is 5.06. The Kier molecular flexibility index (Phi) is 6.10. The molecule has 2 aromatic carbocycles. The number of thioether (sulfide) groups is 1. The van der Waals surface area contributed by atoms with Crippen molar-refractivity contribution >= 4 is 68.9 Å². The first-order chi connectivity index (χ1) is 12.9. The molecule has 0 bridgehead atoms. The molecule has 1 heterocycles. The van der Waals surface area contributed by atoms with Gasteiger partial charge in [-0.25, -0.2) is 4.79 Å². The van der Waals surface area contributed by atoms with Gasteiger partial charge in [0.25, 0.3) is 5.91 Å². The van der Waals surface area contributed by atoms with Crippen molar-refractivity contribution in [3.8, 4) is 0 Å². The quantitative estimate of drug-likeness (QED) is 0.563. The number of nitrogens with zero attached hydrogens (tertiary/aromatic N) is 2. The minimum Gasteiger partial charge on any atom is -0.308 e. The standard InChI is InChI=1S/C18H15ClN4O2S2/c1-11(22-23-16(24)10-27-18(23)26)12-2-6-14(7-3-12)20-17(25)21-15-8-4-13(19)5-9-15/h2-9H,10H2,1H3,(H2,20,21,25). The third-order valence-corrected chi connectivity index (χ3v) is 5.23. The molecule has 2 aromatic rings. The van der Waals surface area contributed by atoms with Crippen molar-refractivity contribution in [2.24, 2.45) is 5.10 Å². The van der Waals surface area contributed by atoms with Gasteiger partial charge in [0.1, 0.15) is 0 Å². The summed E-state index contributed by atoms with van der Waals surface area (Å²) in [5.41, 5.74) is 2.75. The van der Waals surface area contributed by atoms with Crippen LogP contribution in [0.3, 0.4) is 0 Å². The molecule has 1 fully saturated rings. The number of hydrogen-bond donors (Lipinski definition) is 2. The van der Waals surface area contributed by atoms with Crippen LogP contribution in [0.15, 0.2) is 53.6 Å². The number of halogens is 1. The summed E-state index contributed by atoms with van der Waals surface area (Å²) in [6, 6.07) is 13.6. The van der Waals surface area contributed by atoms with Crippen molar-refractivity contribution in [2.45, 2.75) is 6.92 Å². The Morgan fingerprint density at radius 1 is 1.11 bits per heavy atom. The second-order valence-corrected chi connectivity index (χ2v) is 7.65. The first-order valence-corrected chi connectivity index (χ1v) is 9.68. The molecule has 1 aliphatic heterocycles. The van der Waals surface area contributed by atoms with E-state index >= 15 is 0 Å². The van der Waals surface area contributed by atoms with Crippen LogP contribution in [-0.4, -0.2) is 32.7 Å². The highest BCUT2D eigenvalue weighted by atomic mass is 35.5. The first-order valence-electron chi connectivity index (χ1n) is 7.91. The third-order valence-electron chi connectivity index (χ3n) is 3.64. The summed E-state index contributed by atoms with van der Waals surface area (Å²) in [4.78, 5) is 23.8. The van der Waals surface area contributed by atoms with E-state index in [0.29, 0.717) is 32.2 Å². The first kappa shape index (κ1) is 19.3. The molecule has 0 aromatic heterocycles. The maximum absolute atomic E-state index is 12.0. The zero-order valence-corrected chi connectivity index (χ0v) is 16.6. The highest BCUT2D eigenvalue weighted by Crippen LogP contribution is 2.20. The van der Waals surface area contributed by atoms with Crippen LogP contribution in [0.1, 0.15) is 12.5 Å². The van der Waals surface area contributed by atoms with Gasteiger partial charge in [-0.1, -0.05) is 47.7 Å². The van der Waals surface area contributed by atoms with Gasteiger partial charge in [0.05, 0.1) is 11.5 Å². The highest BCUT2D eigenvalue weighted by Gasteiger charge is 2.26. The maximum Gasteiger partial charge on any atom is 0.323 e. The smallest absolute Gasteiger partial charge is 0.308 e. The van der Waals surface area contributed by atoms with Gasteiger partial charge in [0, 0.05) is 16.4 Å². The van der Waals surface area contributed by atoms with Crippen LogP contribution in [0, 0.1) is 0 Å². The Morgan fingerprint density at radius 3 is 2.19 bits per heavy atom. The number of urea groups is 1. The van der Waals surface area contributed by atoms with Crippen LogP contribution < -0.4 is 10.6 Å². The van der Waals surface area contributed by atoms with Crippen molar-refractivity contribution in [3.05, 3.63) is 59.1 Å². The molecule has 1 saturated heterocycles. The zero-order chi connectivity index (χ0) is 19.4. The number of carbonyl (C=O) groups excluding carboxylic acids is 2. The number of hydrogen-bond acceptors (Lipinski definition) is 5. The number of hydrazone groups is 1. The van der Waals surface area contributed by atoms with E-state index in [1.165, 1.54) is 16.8 Å². The van der Waals surface area contributed by atoms with Gasteiger partial charge in [-0.2, -0.15) is 10.1 Å². The van der Waals surface area contributed by atoms with E-state index in [9.17, 15) is 9.59 Å². The van der Waals surface area contributed by atoms with E-state index in [1.54, 1.807) is 43.3 Å². The molecule has 0 saturated carbocycles. The summed E-state index contributed by atoms with van der Waals surface area (Å²) in [6.07, 6.45) is 0. The van der Waals surface area contributed by atoms with E-state index in [4.69, 9.17) is 23.8 Å². The van der Waals surface area contributed by atoms with Gasteiger partial charge in [-0.15, -0.1) is 0 Å². The molecule has 3 rings (SSSR count). The van der Waals surface area contributed by atoms with Gasteiger partial charge in [-0.3, -0.25) is 4.79 Å². The van der Waals surface area contributed by atoms with Crippen LogP contribution in [0.2, 0.25) is 5.02 Å². The second kappa shape index (κ2) is 8.51. The SMILES string of the molecule is CC(=NN1C(=O)CSC1=S)c1ccc(NC(=O)Nc2ccc(Cl)cc2)cc1. The number of thiocarbonyl (C=S) groups is 1. The molecule has 138 valence electrons. The van der Waals surface area contributed by atoms with Crippen LogP contribution in [0.25, 0.3) is 0 Å². The second-order valence-electron chi connectivity index (χ2n) is 5.61. The number of anilines is 2. The maximum atomic E-state index is 12.0. The highest BCUT2D eigenvalue weighted by molar-refractivity contribution is 8.23. The van der Waals surface area contributed by atoms with Gasteiger partial charge in [0.15, 0.2) is 4.32 Å². The van der Waals surface area contributed by atoms with Crippen molar-refractivity contribution in [3.63, 3.8) is 0 Å². The van der Waals surface area contributed by atoms with E-state index in [1.807, 2.05) is 12.1 Å². The van der Waals surface area contributed by atoms with Crippen LogP contribution >= 0.6 is 35.6 Å². The van der Waals surface area contributed by atoms with Crippen LogP contribution in [0.4, 0.5) is 16.2 Å². The number of amides is 3. The van der Waals surface area contributed by atoms with Gasteiger partial charge >= 0.3 is 6.03 Å².